The Morgan fingerprint density at radius 1 is 1.40 bits per heavy atom. The van der Waals surface area contributed by atoms with E-state index < -0.39 is 5.60 Å². The van der Waals surface area contributed by atoms with Gasteiger partial charge in [0.25, 0.3) is 0 Å². The molecule has 1 atom stereocenters. The van der Waals surface area contributed by atoms with E-state index in [9.17, 15) is 0 Å². The van der Waals surface area contributed by atoms with Gasteiger partial charge in [0, 0.05) is 19.6 Å². The molecule has 1 aliphatic heterocycles. The average molecular weight is 211 g/mol. The van der Waals surface area contributed by atoms with Crippen molar-refractivity contribution in [2.24, 2.45) is 5.73 Å². The summed E-state index contributed by atoms with van der Waals surface area (Å²) in [5.74, 6) is 1.19. The van der Waals surface area contributed by atoms with Crippen LogP contribution in [0, 0.1) is 0 Å². The van der Waals surface area contributed by atoms with E-state index in [-0.39, 0.29) is 0 Å². The fraction of sp³-hybridized carbons (Fsp3) is 0.800. The van der Waals surface area contributed by atoms with Gasteiger partial charge in [-0.2, -0.15) is 0 Å². The Morgan fingerprint density at radius 3 is 2.93 bits per heavy atom. The maximum atomic E-state index is 5.72. The number of nitrogens with zero attached hydrogens (tertiary/aromatic N) is 2. The van der Waals surface area contributed by atoms with Crippen LogP contribution in [0.15, 0.2) is 4.42 Å². The first-order chi connectivity index (χ1) is 7.24. The molecule has 2 heterocycles. The monoisotopic (exact) mass is 211 g/mol. The van der Waals surface area contributed by atoms with Crippen LogP contribution >= 0.6 is 0 Å². The standard InChI is InChI=1S/C10H17N3O2/c1-10(5-2-3-7-14-10)9-13-12-8(15-9)4-6-11/h2-7,11H2,1H3. The molecule has 0 spiro atoms. The van der Waals surface area contributed by atoms with E-state index in [2.05, 4.69) is 10.2 Å². The predicted octanol–water partition coefficient (Wildman–Crippen LogP) is 0.986. The van der Waals surface area contributed by atoms with Gasteiger partial charge in [-0.25, -0.2) is 0 Å². The van der Waals surface area contributed by atoms with Crippen molar-refractivity contribution in [3.05, 3.63) is 11.8 Å². The number of hydrogen-bond acceptors (Lipinski definition) is 5. The van der Waals surface area contributed by atoms with Crippen molar-refractivity contribution in [3.8, 4) is 0 Å². The number of aromatic nitrogens is 2. The van der Waals surface area contributed by atoms with Crippen LogP contribution in [0.5, 0.6) is 0 Å². The van der Waals surface area contributed by atoms with Crippen LogP contribution in [-0.2, 0) is 16.8 Å². The zero-order valence-electron chi connectivity index (χ0n) is 9.03. The quantitative estimate of drug-likeness (QED) is 0.806. The number of rotatable bonds is 3. The first-order valence-electron chi connectivity index (χ1n) is 5.41. The third-order valence-electron chi connectivity index (χ3n) is 2.75. The highest BCUT2D eigenvalue weighted by atomic mass is 16.5. The Balaban J connectivity index is 2.12. The molecule has 5 heteroatoms. The molecule has 15 heavy (non-hydrogen) atoms. The van der Waals surface area contributed by atoms with Gasteiger partial charge in [-0.3, -0.25) is 0 Å². The summed E-state index contributed by atoms with van der Waals surface area (Å²) < 4.78 is 11.3. The Kier molecular flexibility index (Phi) is 3.02. The summed E-state index contributed by atoms with van der Waals surface area (Å²) in [6, 6.07) is 0. The lowest BCUT2D eigenvalue weighted by atomic mass is 9.96. The minimum absolute atomic E-state index is 0.391. The van der Waals surface area contributed by atoms with Gasteiger partial charge >= 0.3 is 0 Å². The number of hydrogen-bond donors (Lipinski definition) is 1. The molecule has 2 N–H and O–H groups in total. The molecule has 1 saturated heterocycles. The molecule has 0 radical (unpaired) electrons. The number of nitrogens with two attached hydrogens (primary N) is 1. The summed E-state index contributed by atoms with van der Waals surface area (Å²) in [6.07, 6.45) is 3.82. The lowest BCUT2D eigenvalue weighted by Crippen LogP contribution is -2.30. The molecule has 84 valence electrons. The summed E-state index contributed by atoms with van der Waals surface area (Å²) >= 11 is 0. The van der Waals surface area contributed by atoms with Crippen molar-refractivity contribution in [1.29, 1.82) is 0 Å². The van der Waals surface area contributed by atoms with E-state index in [0.29, 0.717) is 24.7 Å². The SMILES string of the molecule is CC1(c2nnc(CCN)o2)CCCCO1. The largest absolute Gasteiger partial charge is 0.422 e. The maximum Gasteiger partial charge on any atom is 0.247 e. The van der Waals surface area contributed by atoms with E-state index in [1.807, 2.05) is 6.92 Å². The highest BCUT2D eigenvalue weighted by molar-refractivity contribution is 4.97. The summed E-state index contributed by atoms with van der Waals surface area (Å²) in [7, 11) is 0. The highest BCUT2D eigenvalue weighted by Gasteiger charge is 2.35. The topological polar surface area (TPSA) is 74.2 Å². The smallest absolute Gasteiger partial charge is 0.247 e. The fourth-order valence-electron chi connectivity index (χ4n) is 1.79. The van der Waals surface area contributed by atoms with E-state index in [0.717, 1.165) is 25.9 Å². The zero-order chi connectivity index (χ0) is 10.7. The molecular formula is C10H17N3O2. The van der Waals surface area contributed by atoms with Gasteiger partial charge in [0.05, 0.1) is 0 Å². The second-order valence-corrected chi connectivity index (χ2v) is 4.08. The number of ether oxygens (including phenoxy) is 1. The van der Waals surface area contributed by atoms with Crippen LogP contribution in [0.1, 0.15) is 38.0 Å². The molecular weight excluding hydrogens is 194 g/mol. The second-order valence-electron chi connectivity index (χ2n) is 4.08. The molecule has 5 nitrogen and oxygen atoms in total. The molecule has 0 aromatic carbocycles. The molecule has 2 rings (SSSR count). The van der Waals surface area contributed by atoms with Gasteiger partial charge in [-0.1, -0.05) is 0 Å². The van der Waals surface area contributed by atoms with Gasteiger partial charge in [0.15, 0.2) is 0 Å². The van der Waals surface area contributed by atoms with E-state index in [1.165, 1.54) is 0 Å². The van der Waals surface area contributed by atoms with Crippen molar-refractivity contribution in [2.45, 2.75) is 38.2 Å². The van der Waals surface area contributed by atoms with Gasteiger partial charge in [-0.15, -0.1) is 10.2 Å². The molecule has 0 amide bonds. The zero-order valence-corrected chi connectivity index (χ0v) is 9.03. The van der Waals surface area contributed by atoms with Crippen molar-refractivity contribution < 1.29 is 9.15 Å². The maximum absolute atomic E-state index is 5.72. The lowest BCUT2D eigenvalue weighted by molar-refractivity contribution is -0.0871. The van der Waals surface area contributed by atoms with Gasteiger partial charge < -0.3 is 14.9 Å². The van der Waals surface area contributed by atoms with Crippen LogP contribution in [0.3, 0.4) is 0 Å². The van der Waals surface area contributed by atoms with Gasteiger partial charge in [0.2, 0.25) is 11.8 Å². The minimum Gasteiger partial charge on any atom is -0.422 e. The van der Waals surface area contributed by atoms with Crippen LogP contribution in [0.4, 0.5) is 0 Å². The molecule has 1 aromatic heterocycles. The van der Waals surface area contributed by atoms with Crippen LogP contribution in [0.2, 0.25) is 0 Å². The van der Waals surface area contributed by atoms with E-state index >= 15 is 0 Å². The predicted molar refractivity (Wildman–Crippen MR) is 54.2 cm³/mol. The summed E-state index contributed by atoms with van der Waals surface area (Å²) in [5.41, 5.74) is 5.03. The minimum atomic E-state index is -0.391. The molecule has 0 bridgehead atoms. The van der Waals surface area contributed by atoms with Crippen molar-refractivity contribution in [3.63, 3.8) is 0 Å². The lowest BCUT2D eigenvalue weighted by Gasteiger charge is -2.30. The van der Waals surface area contributed by atoms with Gasteiger partial charge in [-0.05, 0) is 26.2 Å². The van der Waals surface area contributed by atoms with E-state index in [4.69, 9.17) is 14.9 Å². The molecule has 1 aliphatic rings. The van der Waals surface area contributed by atoms with Crippen molar-refractivity contribution in [2.75, 3.05) is 13.2 Å². The van der Waals surface area contributed by atoms with Crippen molar-refractivity contribution in [1.82, 2.24) is 10.2 Å². The normalized spacial score (nSPS) is 26.8. The highest BCUT2D eigenvalue weighted by Crippen LogP contribution is 2.33. The molecule has 0 saturated carbocycles. The fourth-order valence-corrected chi connectivity index (χ4v) is 1.79. The average Bonchev–Trinajstić information content (AvgIpc) is 2.69. The van der Waals surface area contributed by atoms with E-state index in [1.54, 1.807) is 0 Å². The molecule has 1 fully saturated rings. The third kappa shape index (κ3) is 2.18. The Bertz CT molecular complexity index is 318. The first-order valence-corrected chi connectivity index (χ1v) is 5.41. The Hall–Kier alpha value is -0.940. The molecule has 1 aromatic rings. The van der Waals surface area contributed by atoms with Crippen LogP contribution in [-0.4, -0.2) is 23.3 Å². The van der Waals surface area contributed by atoms with Gasteiger partial charge in [0.1, 0.15) is 5.60 Å². The summed E-state index contributed by atoms with van der Waals surface area (Å²) in [4.78, 5) is 0. The Labute approximate surface area is 89.0 Å². The summed E-state index contributed by atoms with van der Waals surface area (Å²) in [6.45, 7) is 3.30. The Morgan fingerprint density at radius 2 is 2.27 bits per heavy atom. The molecule has 0 aliphatic carbocycles. The third-order valence-corrected chi connectivity index (χ3v) is 2.75. The molecule has 1 unspecified atom stereocenters. The van der Waals surface area contributed by atoms with Crippen LogP contribution < -0.4 is 5.73 Å². The second kappa shape index (κ2) is 4.28. The summed E-state index contributed by atoms with van der Waals surface area (Å²) in [5, 5.41) is 7.98. The van der Waals surface area contributed by atoms with Crippen molar-refractivity contribution >= 4 is 0 Å². The first kappa shape index (κ1) is 10.6. The van der Waals surface area contributed by atoms with Crippen LogP contribution in [0.25, 0.3) is 0 Å².